The maximum Gasteiger partial charge on any atom is 0.216 e. The van der Waals surface area contributed by atoms with Crippen LogP contribution in [0.25, 0.3) is 0 Å². The maximum absolute atomic E-state index is 5.18. The highest BCUT2D eigenvalue weighted by atomic mass is 16.5. The molecule has 0 saturated heterocycles. The zero-order valence-corrected chi connectivity index (χ0v) is 12.0. The standard InChI is InChI=1S/C16H21N3O/c1-3-9-17-14(10-13-7-5-4-6-8-13)15-11-16(20-2)19-12-18-15/h4-8,11-12,14,17H,3,9-10H2,1-2H3. The molecule has 1 atom stereocenters. The molecule has 0 saturated carbocycles. The summed E-state index contributed by atoms with van der Waals surface area (Å²) < 4.78 is 5.18. The molecule has 4 nitrogen and oxygen atoms in total. The van der Waals surface area contributed by atoms with Crippen molar-refractivity contribution in [1.29, 1.82) is 0 Å². The summed E-state index contributed by atoms with van der Waals surface area (Å²) >= 11 is 0. The number of nitrogens with one attached hydrogen (secondary N) is 1. The van der Waals surface area contributed by atoms with Gasteiger partial charge in [0.1, 0.15) is 6.33 Å². The molecule has 1 heterocycles. The van der Waals surface area contributed by atoms with Crippen LogP contribution in [0.3, 0.4) is 0 Å². The van der Waals surface area contributed by atoms with Crippen molar-refractivity contribution in [2.45, 2.75) is 25.8 Å². The predicted octanol–water partition coefficient (Wildman–Crippen LogP) is 2.77. The van der Waals surface area contributed by atoms with Crippen LogP contribution in [0.15, 0.2) is 42.7 Å². The van der Waals surface area contributed by atoms with Gasteiger partial charge in [-0.1, -0.05) is 37.3 Å². The minimum Gasteiger partial charge on any atom is -0.481 e. The number of ether oxygens (including phenoxy) is 1. The van der Waals surface area contributed by atoms with Gasteiger partial charge in [-0.2, -0.15) is 0 Å². The predicted molar refractivity (Wildman–Crippen MR) is 79.8 cm³/mol. The molecule has 1 aromatic carbocycles. The van der Waals surface area contributed by atoms with Crippen molar-refractivity contribution in [1.82, 2.24) is 15.3 Å². The number of methoxy groups -OCH3 is 1. The van der Waals surface area contributed by atoms with Gasteiger partial charge in [-0.25, -0.2) is 9.97 Å². The first-order valence-electron chi connectivity index (χ1n) is 6.96. The van der Waals surface area contributed by atoms with Gasteiger partial charge in [-0.3, -0.25) is 0 Å². The van der Waals surface area contributed by atoms with E-state index < -0.39 is 0 Å². The first-order valence-corrected chi connectivity index (χ1v) is 6.96. The summed E-state index contributed by atoms with van der Waals surface area (Å²) in [5, 5.41) is 3.54. The molecule has 2 rings (SSSR count). The average molecular weight is 271 g/mol. The quantitative estimate of drug-likeness (QED) is 0.841. The minimum atomic E-state index is 0.175. The van der Waals surface area contributed by atoms with Crippen LogP contribution in [0.2, 0.25) is 0 Å². The lowest BCUT2D eigenvalue weighted by molar-refractivity contribution is 0.393. The number of rotatable bonds is 7. The molecule has 0 amide bonds. The Morgan fingerprint density at radius 1 is 1.20 bits per heavy atom. The summed E-state index contributed by atoms with van der Waals surface area (Å²) in [6, 6.07) is 12.5. The van der Waals surface area contributed by atoms with Crippen molar-refractivity contribution < 1.29 is 4.74 Å². The van der Waals surface area contributed by atoms with Gasteiger partial charge < -0.3 is 10.1 Å². The molecule has 0 aliphatic carbocycles. The molecule has 0 fully saturated rings. The van der Waals surface area contributed by atoms with Crippen LogP contribution in [0.1, 0.15) is 30.6 Å². The molecule has 20 heavy (non-hydrogen) atoms. The van der Waals surface area contributed by atoms with Crippen LogP contribution in [0.5, 0.6) is 5.88 Å². The van der Waals surface area contributed by atoms with Crippen LogP contribution in [-0.4, -0.2) is 23.6 Å². The average Bonchev–Trinajstić information content (AvgIpc) is 2.52. The highest BCUT2D eigenvalue weighted by Gasteiger charge is 2.14. The Kier molecular flexibility index (Phi) is 5.50. The Morgan fingerprint density at radius 3 is 2.70 bits per heavy atom. The third-order valence-electron chi connectivity index (χ3n) is 3.15. The van der Waals surface area contributed by atoms with Crippen molar-refractivity contribution in [3.05, 3.63) is 54.0 Å². The molecule has 0 aliphatic rings. The smallest absolute Gasteiger partial charge is 0.216 e. The fourth-order valence-corrected chi connectivity index (χ4v) is 2.11. The summed E-state index contributed by atoms with van der Waals surface area (Å²) in [5.41, 5.74) is 2.26. The Bertz CT molecular complexity index is 516. The first kappa shape index (κ1) is 14.5. The number of benzene rings is 1. The van der Waals surface area contributed by atoms with Gasteiger partial charge in [0.2, 0.25) is 5.88 Å². The molecule has 0 spiro atoms. The first-order chi connectivity index (χ1) is 9.83. The molecular formula is C16H21N3O. The van der Waals surface area contributed by atoms with E-state index in [1.54, 1.807) is 13.4 Å². The van der Waals surface area contributed by atoms with Crippen LogP contribution in [-0.2, 0) is 6.42 Å². The Hall–Kier alpha value is -1.94. The summed E-state index contributed by atoms with van der Waals surface area (Å²) in [4.78, 5) is 8.45. The van der Waals surface area contributed by atoms with Crippen LogP contribution in [0, 0.1) is 0 Å². The van der Waals surface area contributed by atoms with Crippen LogP contribution >= 0.6 is 0 Å². The maximum atomic E-state index is 5.18. The van der Waals surface area contributed by atoms with E-state index in [2.05, 4.69) is 46.5 Å². The summed E-state index contributed by atoms with van der Waals surface area (Å²) in [6.45, 7) is 3.12. The topological polar surface area (TPSA) is 47.0 Å². The van der Waals surface area contributed by atoms with Gasteiger partial charge in [-0.05, 0) is 24.9 Å². The molecule has 4 heteroatoms. The molecule has 0 bridgehead atoms. The molecule has 1 N–H and O–H groups in total. The number of aromatic nitrogens is 2. The van der Waals surface area contributed by atoms with Crippen molar-refractivity contribution >= 4 is 0 Å². The van der Waals surface area contributed by atoms with E-state index in [0.29, 0.717) is 5.88 Å². The van der Waals surface area contributed by atoms with Crippen molar-refractivity contribution in [3.63, 3.8) is 0 Å². The Labute approximate surface area is 120 Å². The van der Waals surface area contributed by atoms with Gasteiger partial charge in [0.15, 0.2) is 0 Å². The monoisotopic (exact) mass is 271 g/mol. The third kappa shape index (κ3) is 4.03. The molecule has 1 aromatic heterocycles. The second-order valence-electron chi connectivity index (χ2n) is 4.68. The zero-order valence-electron chi connectivity index (χ0n) is 12.0. The van der Waals surface area contributed by atoms with E-state index in [-0.39, 0.29) is 6.04 Å². The van der Waals surface area contributed by atoms with Crippen LogP contribution in [0.4, 0.5) is 0 Å². The fourth-order valence-electron chi connectivity index (χ4n) is 2.11. The van der Waals surface area contributed by atoms with Gasteiger partial charge in [0, 0.05) is 6.07 Å². The van der Waals surface area contributed by atoms with E-state index in [9.17, 15) is 0 Å². The summed E-state index contributed by atoms with van der Waals surface area (Å²) in [7, 11) is 1.62. The van der Waals surface area contributed by atoms with Crippen molar-refractivity contribution in [2.24, 2.45) is 0 Å². The minimum absolute atomic E-state index is 0.175. The highest BCUT2D eigenvalue weighted by Crippen LogP contribution is 2.19. The van der Waals surface area contributed by atoms with Crippen molar-refractivity contribution in [2.75, 3.05) is 13.7 Å². The molecular weight excluding hydrogens is 250 g/mol. The van der Waals surface area contributed by atoms with Gasteiger partial charge in [0.25, 0.3) is 0 Å². The fraction of sp³-hybridized carbons (Fsp3) is 0.375. The lowest BCUT2D eigenvalue weighted by atomic mass is 10.0. The summed E-state index contributed by atoms with van der Waals surface area (Å²) in [5.74, 6) is 0.603. The largest absolute Gasteiger partial charge is 0.481 e. The SMILES string of the molecule is CCCNC(Cc1ccccc1)c1cc(OC)ncn1. The lowest BCUT2D eigenvalue weighted by Crippen LogP contribution is -2.25. The van der Waals surface area contributed by atoms with Gasteiger partial charge >= 0.3 is 0 Å². The van der Waals surface area contributed by atoms with Gasteiger partial charge in [-0.15, -0.1) is 0 Å². The second kappa shape index (κ2) is 7.60. The summed E-state index contributed by atoms with van der Waals surface area (Å²) in [6.07, 6.45) is 3.55. The molecule has 0 radical (unpaired) electrons. The molecule has 106 valence electrons. The molecule has 2 aromatic rings. The second-order valence-corrected chi connectivity index (χ2v) is 4.68. The van der Waals surface area contributed by atoms with E-state index in [1.807, 2.05) is 12.1 Å². The van der Waals surface area contributed by atoms with Crippen LogP contribution < -0.4 is 10.1 Å². The van der Waals surface area contributed by atoms with Gasteiger partial charge in [0.05, 0.1) is 18.8 Å². The number of hydrogen-bond donors (Lipinski definition) is 1. The normalized spacial score (nSPS) is 12.1. The van der Waals surface area contributed by atoms with E-state index in [0.717, 1.165) is 25.1 Å². The molecule has 1 unspecified atom stereocenters. The van der Waals surface area contributed by atoms with E-state index >= 15 is 0 Å². The lowest BCUT2D eigenvalue weighted by Gasteiger charge is -2.18. The molecule has 0 aliphatic heterocycles. The number of nitrogens with zero attached hydrogens (tertiary/aromatic N) is 2. The van der Waals surface area contributed by atoms with E-state index in [1.165, 1.54) is 5.56 Å². The van der Waals surface area contributed by atoms with Crippen molar-refractivity contribution in [3.8, 4) is 5.88 Å². The highest BCUT2D eigenvalue weighted by molar-refractivity contribution is 5.21. The van der Waals surface area contributed by atoms with E-state index in [4.69, 9.17) is 4.74 Å². The Morgan fingerprint density at radius 2 is 2.00 bits per heavy atom. The number of hydrogen-bond acceptors (Lipinski definition) is 4. The Balaban J connectivity index is 2.17. The third-order valence-corrected chi connectivity index (χ3v) is 3.15. The zero-order chi connectivity index (χ0) is 14.2.